The number of nitrogens with zero attached hydrogens (tertiary/aromatic N) is 1. The van der Waals surface area contributed by atoms with Crippen LogP contribution in [0.15, 0.2) is 30.3 Å². The minimum atomic E-state index is -0.706. The van der Waals surface area contributed by atoms with E-state index >= 15 is 0 Å². The molecule has 0 unspecified atom stereocenters. The van der Waals surface area contributed by atoms with Crippen LogP contribution in [0, 0.1) is 17.8 Å². The number of fused-ring (bicyclic) bond motifs is 1. The van der Waals surface area contributed by atoms with Crippen LogP contribution in [-0.2, 0) is 16.1 Å². The number of aliphatic carboxylic acids is 1. The Hall–Kier alpha value is -2.04. The van der Waals surface area contributed by atoms with Crippen molar-refractivity contribution in [3.05, 3.63) is 35.9 Å². The summed E-state index contributed by atoms with van der Waals surface area (Å²) < 4.78 is 5.32. The van der Waals surface area contributed by atoms with Gasteiger partial charge in [-0.25, -0.2) is 4.79 Å². The van der Waals surface area contributed by atoms with E-state index < -0.39 is 5.97 Å². The highest BCUT2D eigenvalue weighted by Gasteiger charge is 2.44. The zero-order chi connectivity index (χ0) is 14.8. The summed E-state index contributed by atoms with van der Waals surface area (Å²) in [6, 6.07) is 9.59. The number of carbonyl (C=O) groups is 2. The largest absolute Gasteiger partial charge is 0.481 e. The first-order valence-electron chi connectivity index (χ1n) is 7.32. The molecule has 2 fully saturated rings. The fourth-order valence-corrected chi connectivity index (χ4v) is 3.46. The van der Waals surface area contributed by atoms with E-state index in [2.05, 4.69) is 0 Å². The molecule has 0 aromatic heterocycles. The number of hydrogen-bond donors (Lipinski definition) is 1. The molecule has 2 atom stereocenters. The van der Waals surface area contributed by atoms with Crippen LogP contribution in [0.2, 0.25) is 0 Å². The fraction of sp³-hybridized carbons (Fsp3) is 0.500. The molecule has 0 spiro atoms. The van der Waals surface area contributed by atoms with E-state index in [9.17, 15) is 9.59 Å². The topological polar surface area (TPSA) is 66.8 Å². The minimum absolute atomic E-state index is 0.234. The van der Waals surface area contributed by atoms with Crippen LogP contribution in [0.3, 0.4) is 0 Å². The van der Waals surface area contributed by atoms with Crippen molar-refractivity contribution in [3.8, 4) is 0 Å². The normalized spacial score (nSPS) is 24.9. The number of benzene rings is 1. The molecule has 0 radical (unpaired) electrons. The number of carbonyl (C=O) groups excluding carboxylic acids is 1. The second kappa shape index (κ2) is 5.76. The third kappa shape index (κ3) is 3.01. The third-order valence-corrected chi connectivity index (χ3v) is 4.56. The van der Waals surface area contributed by atoms with Crippen LogP contribution in [0.1, 0.15) is 18.4 Å². The molecule has 5 nitrogen and oxygen atoms in total. The fourth-order valence-electron chi connectivity index (χ4n) is 3.46. The number of rotatable bonds is 3. The quantitative estimate of drug-likeness (QED) is 0.927. The predicted octanol–water partition coefficient (Wildman–Crippen LogP) is 2.37. The summed E-state index contributed by atoms with van der Waals surface area (Å²) in [5.74, 6) is -0.309. The van der Waals surface area contributed by atoms with Gasteiger partial charge in [0.15, 0.2) is 0 Å². The van der Waals surface area contributed by atoms with Crippen LogP contribution in [0.4, 0.5) is 4.79 Å². The van der Waals surface area contributed by atoms with Gasteiger partial charge in [-0.15, -0.1) is 0 Å². The molecule has 1 aliphatic carbocycles. The minimum Gasteiger partial charge on any atom is -0.481 e. The molecule has 112 valence electrons. The van der Waals surface area contributed by atoms with Crippen LogP contribution >= 0.6 is 0 Å². The summed E-state index contributed by atoms with van der Waals surface area (Å²) in [7, 11) is 0. The molecule has 3 rings (SSSR count). The van der Waals surface area contributed by atoms with Crippen LogP contribution in [0.5, 0.6) is 0 Å². The van der Waals surface area contributed by atoms with Gasteiger partial charge in [0.1, 0.15) is 6.61 Å². The Labute approximate surface area is 123 Å². The first-order valence-corrected chi connectivity index (χ1v) is 7.32. The van der Waals surface area contributed by atoms with Crippen LogP contribution in [-0.4, -0.2) is 35.2 Å². The Kier molecular flexibility index (Phi) is 3.82. The Morgan fingerprint density at radius 3 is 2.33 bits per heavy atom. The zero-order valence-corrected chi connectivity index (χ0v) is 11.8. The van der Waals surface area contributed by atoms with Gasteiger partial charge in [0.25, 0.3) is 0 Å². The van der Waals surface area contributed by atoms with E-state index in [4.69, 9.17) is 9.84 Å². The number of hydrogen-bond acceptors (Lipinski definition) is 3. The summed E-state index contributed by atoms with van der Waals surface area (Å²) >= 11 is 0. The van der Waals surface area contributed by atoms with Crippen molar-refractivity contribution in [2.75, 3.05) is 13.1 Å². The summed E-state index contributed by atoms with van der Waals surface area (Å²) in [6.45, 7) is 1.54. The molecule has 5 heteroatoms. The maximum absolute atomic E-state index is 12.1. The average molecular weight is 289 g/mol. The molecule has 1 aromatic rings. The van der Waals surface area contributed by atoms with Gasteiger partial charge >= 0.3 is 12.1 Å². The molecule has 1 saturated carbocycles. The monoisotopic (exact) mass is 289 g/mol. The molecule has 1 aliphatic heterocycles. The van der Waals surface area contributed by atoms with Crippen molar-refractivity contribution in [2.24, 2.45) is 17.8 Å². The molecule has 1 saturated heterocycles. The van der Waals surface area contributed by atoms with Gasteiger partial charge in [-0.1, -0.05) is 30.3 Å². The Morgan fingerprint density at radius 2 is 1.76 bits per heavy atom. The van der Waals surface area contributed by atoms with Crippen LogP contribution < -0.4 is 0 Å². The highest BCUT2D eigenvalue weighted by molar-refractivity contribution is 5.71. The Morgan fingerprint density at radius 1 is 1.14 bits per heavy atom. The van der Waals surface area contributed by atoms with Gasteiger partial charge in [-0.05, 0) is 30.2 Å². The maximum atomic E-state index is 12.1. The standard InChI is InChI=1S/C16H19NO4/c18-15(19)12-6-13-8-17(9-14(13)7-12)16(20)21-10-11-4-2-1-3-5-11/h1-5,12-14H,6-10H2,(H,18,19)/t13-,14-/m0/s1. The molecule has 2 aliphatic rings. The van der Waals surface area contributed by atoms with E-state index in [1.54, 1.807) is 4.90 Å². The van der Waals surface area contributed by atoms with Crippen molar-refractivity contribution in [1.29, 1.82) is 0 Å². The first kappa shape index (κ1) is 13.9. The Balaban J connectivity index is 1.49. The van der Waals surface area contributed by atoms with Crippen molar-refractivity contribution in [2.45, 2.75) is 19.4 Å². The zero-order valence-electron chi connectivity index (χ0n) is 11.8. The SMILES string of the molecule is O=C(O)C1C[C@H]2CN(C(=O)OCc3ccccc3)C[C@@H]2C1. The van der Waals surface area contributed by atoms with E-state index in [1.807, 2.05) is 30.3 Å². The Bertz CT molecular complexity index is 516. The summed E-state index contributed by atoms with van der Waals surface area (Å²) in [5.41, 5.74) is 0.969. The smallest absolute Gasteiger partial charge is 0.410 e. The number of ether oxygens (including phenoxy) is 1. The molecule has 21 heavy (non-hydrogen) atoms. The van der Waals surface area contributed by atoms with Gasteiger partial charge in [0.2, 0.25) is 0 Å². The number of carboxylic acid groups (broad SMARTS) is 1. The molecular weight excluding hydrogens is 270 g/mol. The number of carboxylic acids is 1. The summed E-state index contributed by atoms with van der Waals surface area (Å²) in [5, 5.41) is 9.05. The average Bonchev–Trinajstić information content (AvgIpc) is 3.04. The lowest BCUT2D eigenvalue weighted by molar-refractivity contribution is -0.141. The number of amides is 1. The van der Waals surface area contributed by atoms with Gasteiger partial charge < -0.3 is 14.7 Å². The number of likely N-dealkylation sites (tertiary alicyclic amines) is 1. The highest BCUT2D eigenvalue weighted by atomic mass is 16.6. The lowest BCUT2D eigenvalue weighted by Gasteiger charge is -2.18. The second-order valence-corrected chi connectivity index (χ2v) is 5.97. The van der Waals surface area contributed by atoms with E-state index in [0.29, 0.717) is 37.8 Å². The molecule has 1 N–H and O–H groups in total. The highest BCUT2D eigenvalue weighted by Crippen LogP contribution is 2.41. The predicted molar refractivity (Wildman–Crippen MR) is 75.5 cm³/mol. The van der Waals surface area contributed by atoms with Crippen LogP contribution in [0.25, 0.3) is 0 Å². The maximum Gasteiger partial charge on any atom is 0.410 e. The molecular formula is C16H19NO4. The van der Waals surface area contributed by atoms with Gasteiger partial charge in [0.05, 0.1) is 5.92 Å². The second-order valence-electron chi connectivity index (χ2n) is 5.97. The lowest BCUT2D eigenvalue weighted by atomic mass is 10.0. The van der Waals surface area contributed by atoms with E-state index in [-0.39, 0.29) is 18.6 Å². The van der Waals surface area contributed by atoms with Gasteiger partial charge in [-0.3, -0.25) is 4.79 Å². The van der Waals surface area contributed by atoms with Crippen molar-refractivity contribution in [1.82, 2.24) is 4.90 Å². The first-order chi connectivity index (χ1) is 10.1. The molecule has 1 aromatic carbocycles. The van der Waals surface area contributed by atoms with E-state index in [0.717, 1.165) is 5.56 Å². The van der Waals surface area contributed by atoms with E-state index in [1.165, 1.54) is 0 Å². The van der Waals surface area contributed by atoms with Gasteiger partial charge in [0, 0.05) is 13.1 Å². The van der Waals surface area contributed by atoms with Crippen molar-refractivity contribution >= 4 is 12.1 Å². The summed E-state index contributed by atoms with van der Waals surface area (Å²) in [6.07, 6.45) is 1.07. The molecule has 1 amide bonds. The van der Waals surface area contributed by atoms with Crippen molar-refractivity contribution < 1.29 is 19.4 Å². The van der Waals surface area contributed by atoms with Crippen molar-refractivity contribution in [3.63, 3.8) is 0 Å². The lowest BCUT2D eigenvalue weighted by Crippen LogP contribution is -2.30. The van der Waals surface area contributed by atoms with Gasteiger partial charge in [-0.2, -0.15) is 0 Å². The third-order valence-electron chi connectivity index (χ3n) is 4.56. The molecule has 0 bridgehead atoms. The summed E-state index contributed by atoms with van der Waals surface area (Å²) in [4.78, 5) is 24.8. The molecule has 1 heterocycles.